The molecule has 0 aliphatic heterocycles. The Balaban J connectivity index is 2.83. The molecule has 0 radical (unpaired) electrons. The lowest BCUT2D eigenvalue weighted by Gasteiger charge is -2.22. The van der Waals surface area contributed by atoms with E-state index in [1.165, 1.54) is 0 Å². The Morgan fingerprint density at radius 1 is 1.50 bits per heavy atom. The number of rotatable bonds is 3. The van der Waals surface area contributed by atoms with Gasteiger partial charge in [-0.05, 0) is 39.5 Å². The van der Waals surface area contributed by atoms with E-state index < -0.39 is 6.10 Å². The number of nitrogens with zero attached hydrogens (tertiary/aromatic N) is 1. The predicted octanol–water partition coefficient (Wildman–Crippen LogP) is 1.86. The van der Waals surface area contributed by atoms with Crippen LogP contribution in [0.25, 0.3) is 0 Å². The van der Waals surface area contributed by atoms with Crippen LogP contribution >= 0.6 is 15.9 Å². The van der Waals surface area contributed by atoms with E-state index in [1.54, 1.807) is 6.20 Å². The van der Waals surface area contributed by atoms with E-state index in [1.807, 2.05) is 26.0 Å². The number of aromatic nitrogens is 1. The predicted molar refractivity (Wildman–Crippen MR) is 59.7 cm³/mol. The highest BCUT2D eigenvalue weighted by Gasteiger charge is 2.19. The molecule has 1 aromatic heterocycles. The molecule has 1 rings (SSSR count). The third kappa shape index (κ3) is 2.77. The molecule has 0 aliphatic rings. The quantitative estimate of drug-likeness (QED) is 0.814. The molecule has 0 bridgehead atoms. The number of hydrogen-bond donors (Lipinski definition) is 2. The van der Waals surface area contributed by atoms with Crippen LogP contribution in [-0.4, -0.2) is 16.2 Å². The van der Waals surface area contributed by atoms with E-state index >= 15 is 0 Å². The fourth-order valence-corrected chi connectivity index (χ4v) is 1.62. The Morgan fingerprint density at radius 3 is 2.64 bits per heavy atom. The van der Waals surface area contributed by atoms with E-state index in [9.17, 15) is 5.11 Å². The molecule has 1 aromatic rings. The molecule has 3 nitrogen and oxygen atoms in total. The van der Waals surface area contributed by atoms with E-state index in [-0.39, 0.29) is 12.0 Å². The maximum Gasteiger partial charge on any atom is 0.106 e. The van der Waals surface area contributed by atoms with E-state index in [0.29, 0.717) is 0 Å². The first-order valence-electron chi connectivity index (χ1n) is 4.57. The summed E-state index contributed by atoms with van der Waals surface area (Å²) in [6.45, 7) is 3.89. The molecular weight excluding hydrogens is 244 g/mol. The van der Waals surface area contributed by atoms with Crippen molar-refractivity contribution in [2.45, 2.75) is 26.0 Å². The van der Waals surface area contributed by atoms with Crippen molar-refractivity contribution in [2.24, 2.45) is 11.7 Å². The fraction of sp³-hybridized carbons (Fsp3) is 0.500. The van der Waals surface area contributed by atoms with E-state index in [4.69, 9.17) is 5.73 Å². The summed E-state index contributed by atoms with van der Waals surface area (Å²) in [6, 6.07) is 3.30. The largest absolute Gasteiger partial charge is 0.391 e. The van der Waals surface area contributed by atoms with Gasteiger partial charge in [-0.25, -0.2) is 4.98 Å². The highest BCUT2D eigenvalue weighted by Crippen LogP contribution is 2.20. The lowest BCUT2D eigenvalue weighted by atomic mass is 9.95. The van der Waals surface area contributed by atoms with E-state index in [0.717, 1.165) is 10.2 Å². The molecule has 0 aromatic carbocycles. The van der Waals surface area contributed by atoms with Crippen LogP contribution in [0.2, 0.25) is 0 Å². The van der Waals surface area contributed by atoms with Gasteiger partial charge in [-0.15, -0.1) is 0 Å². The van der Waals surface area contributed by atoms with Crippen LogP contribution in [0, 0.1) is 5.92 Å². The molecule has 0 saturated carbocycles. The van der Waals surface area contributed by atoms with Crippen molar-refractivity contribution in [3.63, 3.8) is 0 Å². The minimum atomic E-state index is -0.524. The summed E-state index contributed by atoms with van der Waals surface area (Å²) >= 11 is 3.27. The van der Waals surface area contributed by atoms with Crippen molar-refractivity contribution < 1.29 is 5.11 Å². The van der Waals surface area contributed by atoms with Crippen molar-refractivity contribution >= 4 is 15.9 Å². The fourth-order valence-electron chi connectivity index (χ4n) is 1.24. The van der Waals surface area contributed by atoms with Crippen LogP contribution in [0.5, 0.6) is 0 Å². The molecule has 0 spiro atoms. The average molecular weight is 259 g/mol. The summed E-state index contributed by atoms with van der Waals surface area (Å²) in [7, 11) is 0. The number of nitrogens with two attached hydrogens (primary N) is 1. The Hall–Kier alpha value is -0.450. The summed E-state index contributed by atoms with van der Waals surface area (Å²) < 4.78 is 0.737. The topological polar surface area (TPSA) is 59.1 Å². The van der Waals surface area contributed by atoms with Crippen LogP contribution in [0.4, 0.5) is 0 Å². The standard InChI is InChI=1S/C10H15BrN2O/c1-6(2)10(14)9(12)7-3-4-13-8(11)5-7/h3-6,9-10,14H,12H2,1-2H3/t9-,10+/m1/s1. The van der Waals surface area contributed by atoms with E-state index in [2.05, 4.69) is 20.9 Å². The van der Waals surface area contributed by atoms with Gasteiger partial charge in [0.15, 0.2) is 0 Å². The van der Waals surface area contributed by atoms with Crippen LogP contribution in [0.15, 0.2) is 22.9 Å². The molecule has 4 heteroatoms. The van der Waals surface area contributed by atoms with Gasteiger partial charge in [0.25, 0.3) is 0 Å². The second kappa shape index (κ2) is 4.87. The minimum absolute atomic E-state index is 0.150. The molecule has 14 heavy (non-hydrogen) atoms. The van der Waals surface area contributed by atoms with Crippen molar-refractivity contribution in [3.05, 3.63) is 28.5 Å². The van der Waals surface area contributed by atoms with Crippen molar-refractivity contribution in [1.29, 1.82) is 0 Å². The number of aliphatic hydroxyl groups excluding tert-OH is 1. The smallest absolute Gasteiger partial charge is 0.106 e. The highest BCUT2D eigenvalue weighted by atomic mass is 79.9. The molecule has 0 unspecified atom stereocenters. The van der Waals surface area contributed by atoms with Crippen molar-refractivity contribution in [3.8, 4) is 0 Å². The van der Waals surface area contributed by atoms with Crippen LogP contribution in [0.1, 0.15) is 25.5 Å². The third-order valence-electron chi connectivity index (χ3n) is 2.19. The summed E-state index contributed by atoms with van der Waals surface area (Å²) in [5.41, 5.74) is 6.81. The highest BCUT2D eigenvalue weighted by molar-refractivity contribution is 9.10. The molecule has 0 aliphatic carbocycles. The molecule has 1 heterocycles. The van der Waals surface area contributed by atoms with Gasteiger partial charge in [0.2, 0.25) is 0 Å². The van der Waals surface area contributed by atoms with Crippen LogP contribution in [0.3, 0.4) is 0 Å². The Bertz CT molecular complexity index is 304. The second-order valence-corrected chi connectivity index (χ2v) is 4.48. The zero-order valence-corrected chi connectivity index (χ0v) is 9.90. The zero-order valence-electron chi connectivity index (χ0n) is 8.31. The third-order valence-corrected chi connectivity index (χ3v) is 2.62. The first-order valence-corrected chi connectivity index (χ1v) is 5.36. The monoisotopic (exact) mass is 258 g/mol. The normalized spacial score (nSPS) is 15.6. The lowest BCUT2D eigenvalue weighted by molar-refractivity contribution is 0.0979. The van der Waals surface area contributed by atoms with Crippen molar-refractivity contribution in [1.82, 2.24) is 4.98 Å². The van der Waals surface area contributed by atoms with Gasteiger partial charge < -0.3 is 10.8 Å². The summed E-state index contributed by atoms with van der Waals surface area (Å²) in [5, 5.41) is 9.78. The van der Waals surface area contributed by atoms with Gasteiger partial charge in [-0.3, -0.25) is 0 Å². The average Bonchev–Trinajstić information content (AvgIpc) is 2.15. The Kier molecular flexibility index (Phi) is 4.04. The number of aliphatic hydroxyl groups is 1. The summed E-state index contributed by atoms with van der Waals surface area (Å²) in [6.07, 6.45) is 1.15. The lowest BCUT2D eigenvalue weighted by Crippen LogP contribution is -2.30. The second-order valence-electron chi connectivity index (χ2n) is 3.67. The maximum absolute atomic E-state index is 9.78. The molecule has 78 valence electrons. The van der Waals surface area contributed by atoms with Crippen molar-refractivity contribution in [2.75, 3.05) is 0 Å². The van der Waals surface area contributed by atoms with Gasteiger partial charge in [0, 0.05) is 6.20 Å². The Labute approximate surface area is 92.5 Å². The Morgan fingerprint density at radius 2 is 2.14 bits per heavy atom. The number of halogens is 1. The molecule has 0 amide bonds. The molecular formula is C10H15BrN2O. The summed E-state index contributed by atoms with van der Waals surface area (Å²) in [4.78, 5) is 4.01. The van der Waals surface area contributed by atoms with Gasteiger partial charge in [0.05, 0.1) is 12.1 Å². The zero-order chi connectivity index (χ0) is 10.7. The summed E-state index contributed by atoms with van der Waals surface area (Å²) in [5.74, 6) is 0.150. The molecule has 0 saturated heterocycles. The first kappa shape index (κ1) is 11.6. The SMILES string of the molecule is CC(C)[C@H](O)[C@H](N)c1ccnc(Br)c1. The molecule has 2 atom stereocenters. The molecule has 3 N–H and O–H groups in total. The van der Waals surface area contributed by atoms with Crippen LogP contribution in [-0.2, 0) is 0 Å². The number of hydrogen-bond acceptors (Lipinski definition) is 3. The molecule has 0 fully saturated rings. The van der Waals surface area contributed by atoms with Gasteiger partial charge in [-0.2, -0.15) is 0 Å². The number of pyridine rings is 1. The van der Waals surface area contributed by atoms with Gasteiger partial charge in [-0.1, -0.05) is 13.8 Å². The minimum Gasteiger partial charge on any atom is -0.391 e. The van der Waals surface area contributed by atoms with Gasteiger partial charge >= 0.3 is 0 Å². The van der Waals surface area contributed by atoms with Gasteiger partial charge in [0.1, 0.15) is 4.60 Å². The first-order chi connectivity index (χ1) is 6.52. The van der Waals surface area contributed by atoms with Crippen LogP contribution < -0.4 is 5.73 Å². The maximum atomic E-state index is 9.78.